The van der Waals surface area contributed by atoms with Crippen molar-refractivity contribution in [2.45, 2.75) is 0 Å². The van der Waals surface area contributed by atoms with Gasteiger partial charge in [-0.15, -0.1) is 0 Å². The van der Waals surface area contributed by atoms with Gasteiger partial charge in [-0.05, 0) is 48.5 Å². The average molecular weight is 338 g/mol. The normalized spacial score (nSPS) is 10.4. The first-order valence-corrected chi connectivity index (χ1v) is 7.31. The van der Waals surface area contributed by atoms with Crippen LogP contribution in [0.2, 0.25) is 0 Å². The van der Waals surface area contributed by atoms with Crippen molar-refractivity contribution in [3.05, 3.63) is 70.1 Å². The number of primary amides is 1. The molecule has 0 atom stereocenters. The molecule has 2 aromatic carbocycles. The second-order valence-electron chi connectivity index (χ2n) is 5.25. The van der Waals surface area contributed by atoms with Crippen LogP contribution in [0.1, 0.15) is 20.7 Å². The van der Waals surface area contributed by atoms with E-state index in [1.165, 1.54) is 37.4 Å². The number of carbonyl (C=O) groups excluding carboxylic acids is 2. The van der Waals surface area contributed by atoms with Crippen molar-refractivity contribution >= 4 is 28.5 Å². The third-order valence-corrected chi connectivity index (χ3v) is 3.61. The number of ether oxygens (including phenoxy) is 1. The Kier molecular flexibility index (Phi) is 4.21. The number of amides is 2. The lowest BCUT2D eigenvalue weighted by Crippen LogP contribution is -2.20. The molecule has 2 amide bonds. The highest BCUT2D eigenvalue weighted by Gasteiger charge is 2.14. The number of hydrogen-bond acceptors (Lipinski definition) is 5. The molecule has 0 aliphatic heterocycles. The molecule has 0 fully saturated rings. The summed E-state index contributed by atoms with van der Waals surface area (Å²) in [5, 5.41) is 3.14. The number of methoxy groups -OCH3 is 1. The summed E-state index contributed by atoms with van der Waals surface area (Å²) in [5.41, 5.74) is 5.36. The molecule has 0 unspecified atom stereocenters. The zero-order valence-corrected chi connectivity index (χ0v) is 13.2. The Balaban J connectivity index is 1.91. The number of nitrogens with two attached hydrogens (primary N) is 1. The van der Waals surface area contributed by atoms with Crippen molar-refractivity contribution in [2.24, 2.45) is 5.73 Å². The zero-order chi connectivity index (χ0) is 18.0. The average Bonchev–Trinajstić information content (AvgIpc) is 2.61. The van der Waals surface area contributed by atoms with E-state index in [2.05, 4.69) is 5.32 Å². The molecule has 0 aliphatic rings. The van der Waals surface area contributed by atoms with E-state index < -0.39 is 17.4 Å². The quantitative estimate of drug-likeness (QED) is 0.708. The van der Waals surface area contributed by atoms with Gasteiger partial charge < -0.3 is 20.2 Å². The van der Waals surface area contributed by atoms with Crippen LogP contribution in [0.4, 0.5) is 5.69 Å². The zero-order valence-electron chi connectivity index (χ0n) is 13.2. The molecule has 3 N–H and O–H groups in total. The third-order valence-electron chi connectivity index (χ3n) is 3.61. The lowest BCUT2D eigenvalue weighted by molar-refractivity contribution is 0.0998. The van der Waals surface area contributed by atoms with Gasteiger partial charge in [0.25, 0.3) is 5.91 Å². The van der Waals surface area contributed by atoms with Crippen LogP contribution in [0.5, 0.6) is 5.75 Å². The molecule has 3 aromatic rings. The fraction of sp³-hybridized carbons (Fsp3) is 0.0556. The summed E-state index contributed by atoms with van der Waals surface area (Å²) >= 11 is 0. The Morgan fingerprint density at radius 3 is 2.44 bits per heavy atom. The van der Waals surface area contributed by atoms with Crippen LogP contribution in [0, 0.1) is 0 Å². The maximum Gasteiger partial charge on any atom is 0.349 e. The summed E-state index contributed by atoms with van der Waals surface area (Å²) in [5.74, 6) is -0.609. The molecule has 126 valence electrons. The third kappa shape index (κ3) is 3.35. The van der Waals surface area contributed by atoms with E-state index in [-0.39, 0.29) is 5.56 Å². The molecule has 7 nitrogen and oxygen atoms in total. The highest BCUT2D eigenvalue weighted by atomic mass is 16.5. The smallest absolute Gasteiger partial charge is 0.349 e. The van der Waals surface area contributed by atoms with Gasteiger partial charge in [-0.3, -0.25) is 9.59 Å². The van der Waals surface area contributed by atoms with E-state index in [0.29, 0.717) is 28.0 Å². The van der Waals surface area contributed by atoms with Crippen molar-refractivity contribution in [2.75, 3.05) is 12.4 Å². The first kappa shape index (κ1) is 16.3. The van der Waals surface area contributed by atoms with Crippen molar-refractivity contribution in [1.29, 1.82) is 0 Å². The SMILES string of the molecule is COc1ccc2oc(=O)c(C(=O)Nc3ccc(C(N)=O)cc3)cc2c1. The predicted molar refractivity (Wildman–Crippen MR) is 91.9 cm³/mol. The molecular formula is C18H14N2O5. The van der Waals surface area contributed by atoms with Gasteiger partial charge in [-0.2, -0.15) is 0 Å². The van der Waals surface area contributed by atoms with Crippen molar-refractivity contribution in [3.8, 4) is 5.75 Å². The summed E-state index contributed by atoms with van der Waals surface area (Å²) in [6, 6.07) is 12.4. The van der Waals surface area contributed by atoms with Gasteiger partial charge in [-0.25, -0.2) is 4.79 Å². The standard InChI is InChI=1S/C18H14N2O5/c1-24-13-6-7-15-11(8-13)9-14(18(23)25-15)17(22)20-12-4-2-10(3-5-12)16(19)21/h2-9H,1H3,(H2,19,21)(H,20,22). The van der Waals surface area contributed by atoms with Gasteiger partial charge in [0, 0.05) is 16.6 Å². The minimum Gasteiger partial charge on any atom is -0.497 e. The van der Waals surface area contributed by atoms with Gasteiger partial charge in [0.1, 0.15) is 16.9 Å². The molecule has 0 bridgehead atoms. The molecule has 1 aromatic heterocycles. The Labute approximate surface area is 142 Å². The van der Waals surface area contributed by atoms with Crippen molar-refractivity contribution in [1.82, 2.24) is 0 Å². The van der Waals surface area contributed by atoms with E-state index >= 15 is 0 Å². The molecule has 0 aliphatic carbocycles. The number of fused-ring (bicyclic) bond motifs is 1. The van der Waals surface area contributed by atoms with Gasteiger partial charge >= 0.3 is 5.63 Å². The minimum absolute atomic E-state index is 0.139. The fourth-order valence-corrected chi connectivity index (χ4v) is 2.30. The molecule has 25 heavy (non-hydrogen) atoms. The molecule has 0 spiro atoms. The van der Waals surface area contributed by atoms with Crippen LogP contribution < -0.4 is 21.4 Å². The lowest BCUT2D eigenvalue weighted by atomic mass is 10.1. The van der Waals surface area contributed by atoms with Gasteiger partial charge in [0.2, 0.25) is 5.91 Å². The number of nitrogens with one attached hydrogen (secondary N) is 1. The number of rotatable bonds is 4. The Morgan fingerprint density at radius 2 is 1.80 bits per heavy atom. The monoisotopic (exact) mass is 338 g/mol. The van der Waals surface area contributed by atoms with Gasteiger partial charge in [0.05, 0.1) is 7.11 Å². The maximum atomic E-state index is 12.4. The second kappa shape index (κ2) is 6.48. The Hall–Kier alpha value is -3.61. The lowest BCUT2D eigenvalue weighted by Gasteiger charge is -2.06. The molecule has 3 rings (SSSR count). The molecule has 0 radical (unpaired) electrons. The molecule has 0 saturated carbocycles. The fourth-order valence-electron chi connectivity index (χ4n) is 2.30. The topological polar surface area (TPSA) is 112 Å². The first-order valence-electron chi connectivity index (χ1n) is 7.31. The van der Waals surface area contributed by atoms with Crippen LogP contribution in [0.15, 0.2) is 57.7 Å². The van der Waals surface area contributed by atoms with Crippen LogP contribution >= 0.6 is 0 Å². The van der Waals surface area contributed by atoms with Gasteiger partial charge in [0.15, 0.2) is 0 Å². The van der Waals surface area contributed by atoms with E-state index in [4.69, 9.17) is 14.9 Å². The van der Waals surface area contributed by atoms with Crippen LogP contribution in [-0.4, -0.2) is 18.9 Å². The Morgan fingerprint density at radius 1 is 1.08 bits per heavy atom. The second-order valence-corrected chi connectivity index (χ2v) is 5.25. The van der Waals surface area contributed by atoms with Crippen LogP contribution in [0.25, 0.3) is 11.0 Å². The molecular weight excluding hydrogens is 324 g/mol. The van der Waals surface area contributed by atoms with Crippen LogP contribution in [0.3, 0.4) is 0 Å². The van der Waals surface area contributed by atoms with Crippen LogP contribution in [-0.2, 0) is 0 Å². The largest absolute Gasteiger partial charge is 0.497 e. The summed E-state index contributed by atoms with van der Waals surface area (Å²) < 4.78 is 10.3. The summed E-state index contributed by atoms with van der Waals surface area (Å²) in [6.07, 6.45) is 0. The van der Waals surface area contributed by atoms with Crippen molar-refractivity contribution < 1.29 is 18.7 Å². The van der Waals surface area contributed by atoms with E-state index in [1.54, 1.807) is 18.2 Å². The predicted octanol–water partition coefficient (Wildman–Crippen LogP) is 2.15. The number of carbonyl (C=O) groups is 2. The van der Waals surface area contributed by atoms with E-state index in [1.807, 2.05) is 0 Å². The number of benzene rings is 2. The first-order chi connectivity index (χ1) is 12.0. The number of hydrogen-bond donors (Lipinski definition) is 2. The van der Waals surface area contributed by atoms with E-state index in [0.717, 1.165) is 0 Å². The highest BCUT2D eigenvalue weighted by molar-refractivity contribution is 6.05. The summed E-state index contributed by atoms with van der Waals surface area (Å²) in [7, 11) is 1.52. The molecule has 7 heteroatoms. The number of anilines is 1. The highest BCUT2D eigenvalue weighted by Crippen LogP contribution is 2.20. The Bertz CT molecular complexity index is 1020. The van der Waals surface area contributed by atoms with Gasteiger partial charge in [-0.1, -0.05) is 0 Å². The summed E-state index contributed by atoms with van der Waals surface area (Å²) in [4.78, 5) is 35.4. The maximum absolute atomic E-state index is 12.4. The summed E-state index contributed by atoms with van der Waals surface area (Å²) in [6.45, 7) is 0. The van der Waals surface area contributed by atoms with Crippen molar-refractivity contribution in [3.63, 3.8) is 0 Å². The molecule has 1 heterocycles. The van der Waals surface area contributed by atoms with E-state index in [9.17, 15) is 14.4 Å². The minimum atomic E-state index is -0.746. The molecule has 0 saturated heterocycles.